The van der Waals surface area contributed by atoms with Crippen molar-refractivity contribution in [2.45, 2.75) is 38.8 Å². The zero-order valence-electron chi connectivity index (χ0n) is 12.3. The molecule has 0 heterocycles. The van der Waals surface area contributed by atoms with Crippen molar-refractivity contribution in [3.05, 3.63) is 29.3 Å². The summed E-state index contributed by atoms with van der Waals surface area (Å²) in [4.78, 5) is 0. The molecule has 2 rings (SSSR count). The van der Waals surface area contributed by atoms with Gasteiger partial charge in [0, 0.05) is 12.1 Å². The highest BCUT2D eigenvalue weighted by atomic mass is 16.5. The van der Waals surface area contributed by atoms with Crippen LogP contribution in [0.3, 0.4) is 0 Å². The van der Waals surface area contributed by atoms with E-state index in [4.69, 9.17) is 15.7 Å². The molecule has 110 valence electrons. The smallest absolute Gasteiger partial charge is 0.173 e. The lowest BCUT2D eigenvalue weighted by Gasteiger charge is -2.26. The van der Waals surface area contributed by atoms with E-state index in [1.54, 1.807) is 7.11 Å². The van der Waals surface area contributed by atoms with Crippen molar-refractivity contribution in [3.8, 4) is 5.75 Å². The lowest BCUT2D eigenvalue weighted by Crippen LogP contribution is -2.40. The first-order valence-electron chi connectivity index (χ1n) is 6.87. The summed E-state index contributed by atoms with van der Waals surface area (Å²) in [5.74, 6) is 1.45. The van der Waals surface area contributed by atoms with Crippen LogP contribution in [-0.4, -0.2) is 23.7 Å². The molecule has 0 unspecified atom stereocenters. The topological polar surface area (TPSA) is 79.9 Å². The monoisotopic (exact) mass is 277 g/mol. The highest BCUT2D eigenvalue weighted by Gasteiger charge is 2.37. The second-order valence-corrected chi connectivity index (χ2v) is 5.87. The van der Waals surface area contributed by atoms with Crippen LogP contribution in [0.25, 0.3) is 0 Å². The molecule has 5 heteroatoms. The molecule has 0 spiro atoms. The summed E-state index contributed by atoms with van der Waals surface area (Å²) in [5.41, 5.74) is 7.49. The van der Waals surface area contributed by atoms with Crippen LogP contribution in [0.1, 0.15) is 37.8 Å². The molecular formula is C15H23N3O2. The van der Waals surface area contributed by atoms with Gasteiger partial charge in [0.2, 0.25) is 0 Å². The van der Waals surface area contributed by atoms with Crippen molar-refractivity contribution in [2.24, 2.45) is 16.8 Å². The van der Waals surface area contributed by atoms with E-state index >= 15 is 0 Å². The Bertz CT molecular complexity index is 508. The molecule has 0 amide bonds. The highest BCUT2D eigenvalue weighted by molar-refractivity contribution is 5.99. The number of rotatable bonds is 6. The predicted octanol–water partition coefficient (Wildman–Crippen LogP) is 2.07. The van der Waals surface area contributed by atoms with Gasteiger partial charge >= 0.3 is 0 Å². The molecule has 0 saturated heterocycles. The summed E-state index contributed by atoms with van der Waals surface area (Å²) in [6.07, 6.45) is 2.62. The fourth-order valence-electron chi connectivity index (χ4n) is 2.39. The van der Waals surface area contributed by atoms with Crippen LogP contribution in [0.2, 0.25) is 0 Å². The van der Waals surface area contributed by atoms with Crippen LogP contribution < -0.4 is 15.8 Å². The Morgan fingerprint density at radius 1 is 1.50 bits per heavy atom. The maximum absolute atomic E-state index is 8.75. The van der Waals surface area contributed by atoms with Gasteiger partial charge < -0.3 is 21.0 Å². The number of methoxy groups -OCH3 is 1. The number of oxime groups is 1. The van der Waals surface area contributed by atoms with Crippen molar-refractivity contribution in [3.63, 3.8) is 0 Å². The van der Waals surface area contributed by atoms with Crippen molar-refractivity contribution in [1.82, 2.24) is 5.32 Å². The van der Waals surface area contributed by atoms with Gasteiger partial charge in [0.05, 0.1) is 12.7 Å². The largest absolute Gasteiger partial charge is 0.496 e. The minimum atomic E-state index is 0.0552. The molecule has 1 fully saturated rings. The third-order valence-corrected chi connectivity index (χ3v) is 4.00. The summed E-state index contributed by atoms with van der Waals surface area (Å²) in [6, 6.07) is 5.70. The van der Waals surface area contributed by atoms with Gasteiger partial charge in [-0.3, -0.25) is 0 Å². The van der Waals surface area contributed by atoms with Gasteiger partial charge in [0.15, 0.2) is 5.84 Å². The molecule has 0 aromatic heterocycles. The van der Waals surface area contributed by atoms with Crippen LogP contribution in [0.15, 0.2) is 23.4 Å². The Balaban J connectivity index is 2.09. The van der Waals surface area contributed by atoms with E-state index in [0.29, 0.717) is 11.3 Å². The Labute approximate surface area is 119 Å². The summed E-state index contributed by atoms with van der Waals surface area (Å²) < 4.78 is 5.30. The first kappa shape index (κ1) is 14.7. The fourth-order valence-corrected chi connectivity index (χ4v) is 2.39. The third-order valence-electron chi connectivity index (χ3n) is 4.00. The molecular weight excluding hydrogens is 254 g/mol. The SMILES string of the molecule is COc1cc(CNC(C)(C)C2CC2)ccc1/C(N)=N/O. The van der Waals surface area contributed by atoms with Gasteiger partial charge in [0.1, 0.15) is 5.75 Å². The van der Waals surface area contributed by atoms with E-state index in [9.17, 15) is 0 Å². The minimum Gasteiger partial charge on any atom is -0.496 e. The van der Waals surface area contributed by atoms with Crippen LogP contribution in [-0.2, 0) is 6.54 Å². The summed E-state index contributed by atoms with van der Waals surface area (Å²) >= 11 is 0. The third kappa shape index (κ3) is 3.22. The van der Waals surface area contributed by atoms with Crippen molar-refractivity contribution in [1.29, 1.82) is 0 Å². The van der Waals surface area contributed by atoms with Crippen LogP contribution in [0.4, 0.5) is 0 Å². The average molecular weight is 277 g/mol. The number of nitrogens with zero attached hydrogens (tertiary/aromatic N) is 1. The van der Waals surface area contributed by atoms with E-state index in [0.717, 1.165) is 18.0 Å². The van der Waals surface area contributed by atoms with Crippen LogP contribution >= 0.6 is 0 Å². The second kappa shape index (κ2) is 5.71. The maximum atomic E-state index is 8.75. The lowest BCUT2D eigenvalue weighted by molar-refractivity contribution is 0.318. The predicted molar refractivity (Wildman–Crippen MR) is 79.1 cm³/mol. The normalized spacial score (nSPS) is 16.2. The molecule has 1 aliphatic rings. The molecule has 20 heavy (non-hydrogen) atoms. The minimum absolute atomic E-state index is 0.0552. The maximum Gasteiger partial charge on any atom is 0.173 e. The second-order valence-electron chi connectivity index (χ2n) is 5.87. The first-order chi connectivity index (χ1) is 9.47. The molecule has 1 aromatic carbocycles. The Hall–Kier alpha value is -1.75. The molecule has 1 aromatic rings. The molecule has 4 N–H and O–H groups in total. The van der Waals surface area contributed by atoms with E-state index in [2.05, 4.69) is 24.3 Å². The highest BCUT2D eigenvalue weighted by Crippen LogP contribution is 2.39. The quantitative estimate of drug-likeness (QED) is 0.322. The van der Waals surface area contributed by atoms with Crippen molar-refractivity contribution >= 4 is 5.84 Å². The number of hydrogen-bond donors (Lipinski definition) is 3. The van der Waals surface area contributed by atoms with E-state index in [1.165, 1.54) is 12.8 Å². The summed E-state index contributed by atoms with van der Waals surface area (Å²) in [5, 5.41) is 15.3. The fraction of sp³-hybridized carbons (Fsp3) is 0.533. The van der Waals surface area contributed by atoms with Gasteiger partial charge in [-0.15, -0.1) is 0 Å². The van der Waals surface area contributed by atoms with Gasteiger partial charge in [-0.05, 0) is 50.3 Å². The number of nitrogens with one attached hydrogen (secondary N) is 1. The van der Waals surface area contributed by atoms with Gasteiger partial charge in [-0.2, -0.15) is 0 Å². The molecule has 0 atom stereocenters. The zero-order chi connectivity index (χ0) is 14.8. The molecule has 0 bridgehead atoms. The van der Waals surface area contributed by atoms with Crippen molar-refractivity contribution < 1.29 is 9.94 Å². The summed E-state index contributed by atoms with van der Waals surface area (Å²) in [7, 11) is 1.58. The number of benzene rings is 1. The number of ether oxygens (including phenoxy) is 1. The van der Waals surface area contributed by atoms with E-state index < -0.39 is 0 Å². The van der Waals surface area contributed by atoms with Crippen molar-refractivity contribution in [2.75, 3.05) is 7.11 Å². The lowest BCUT2D eigenvalue weighted by atomic mass is 9.98. The molecule has 1 saturated carbocycles. The average Bonchev–Trinajstić information content (AvgIpc) is 3.29. The van der Waals surface area contributed by atoms with Crippen LogP contribution in [0, 0.1) is 5.92 Å². The number of nitrogens with two attached hydrogens (primary N) is 1. The van der Waals surface area contributed by atoms with Gasteiger partial charge in [0.25, 0.3) is 0 Å². The number of hydrogen-bond acceptors (Lipinski definition) is 4. The first-order valence-corrected chi connectivity index (χ1v) is 6.87. The van der Waals surface area contributed by atoms with E-state index in [-0.39, 0.29) is 11.4 Å². The van der Waals surface area contributed by atoms with E-state index in [1.807, 2.05) is 18.2 Å². The Morgan fingerprint density at radius 3 is 2.75 bits per heavy atom. The molecule has 1 aliphatic carbocycles. The molecule has 0 aliphatic heterocycles. The Morgan fingerprint density at radius 2 is 2.20 bits per heavy atom. The number of amidine groups is 1. The van der Waals surface area contributed by atoms with Crippen LogP contribution in [0.5, 0.6) is 5.75 Å². The van der Waals surface area contributed by atoms with Gasteiger partial charge in [-0.25, -0.2) is 0 Å². The van der Waals surface area contributed by atoms with Gasteiger partial charge in [-0.1, -0.05) is 11.2 Å². The standard InChI is InChI=1S/C15H23N3O2/c1-15(2,11-5-6-11)17-9-10-4-7-12(14(16)18-19)13(8-10)20-3/h4,7-8,11,17,19H,5-6,9H2,1-3H3,(H2,16,18). The molecule has 0 radical (unpaired) electrons. The summed E-state index contributed by atoms with van der Waals surface area (Å²) in [6.45, 7) is 5.26. The molecule has 5 nitrogen and oxygen atoms in total. The Kier molecular flexibility index (Phi) is 4.18. The zero-order valence-corrected chi connectivity index (χ0v) is 12.3.